The zero-order chi connectivity index (χ0) is 15.9. The average molecular weight is 303 g/mol. The minimum absolute atomic E-state index is 0.109. The van der Waals surface area contributed by atoms with Gasteiger partial charge in [0.25, 0.3) is 5.91 Å². The largest absolute Gasteiger partial charge is 0.378 e. The fourth-order valence-electron chi connectivity index (χ4n) is 3.02. The Labute approximate surface area is 127 Å². The Hall–Kier alpha value is -2.21. The number of aliphatic hydroxyl groups is 1. The molecule has 5 nitrogen and oxygen atoms in total. The first kappa shape index (κ1) is 14.7. The van der Waals surface area contributed by atoms with Crippen LogP contribution in [-0.4, -0.2) is 34.7 Å². The molecule has 1 saturated heterocycles. The van der Waals surface area contributed by atoms with Gasteiger partial charge in [-0.15, -0.1) is 0 Å². The van der Waals surface area contributed by atoms with Crippen LogP contribution in [0.3, 0.4) is 0 Å². The van der Waals surface area contributed by atoms with Crippen molar-refractivity contribution < 1.29 is 14.3 Å². The van der Waals surface area contributed by atoms with Crippen LogP contribution >= 0.6 is 0 Å². The number of hydrogen-bond donors (Lipinski definition) is 2. The molecule has 116 valence electrons. The SMILES string of the molecule is Cc1cc(N2CCCC(O)(C(N)=O)C2)c2cccc(F)c2n1. The lowest BCUT2D eigenvalue weighted by atomic mass is 9.91. The Bertz CT molecular complexity index is 749. The lowest BCUT2D eigenvalue weighted by Gasteiger charge is -2.38. The number of carbonyl (C=O) groups excluding carboxylic acids is 1. The lowest BCUT2D eigenvalue weighted by molar-refractivity contribution is -0.137. The van der Waals surface area contributed by atoms with Gasteiger partial charge in [0.1, 0.15) is 11.3 Å². The zero-order valence-corrected chi connectivity index (χ0v) is 12.3. The maximum atomic E-state index is 14.0. The molecule has 2 aromatic rings. The molecule has 3 rings (SSSR count). The first-order chi connectivity index (χ1) is 10.4. The number of fused-ring (bicyclic) bond motifs is 1. The van der Waals surface area contributed by atoms with E-state index in [1.807, 2.05) is 11.0 Å². The fraction of sp³-hybridized carbons (Fsp3) is 0.375. The number of primary amides is 1. The van der Waals surface area contributed by atoms with Crippen molar-refractivity contribution in [3.8, 4) is 0 Å². The highest BCUT2D eigenvalue weighted by molar-refractivity contribution is 5.93. The molecule has 2 heterocycles. The quantitative estimate of drug-likeness (QED) is 0.881. The highest BCUT2D eigenvalue weighted by Gasteiger charge is 2.39. The van der Waals surface area contributed by atoms with Crippen LogP contribution in [0.5, 0.6) is 0 Å². The molecule has 0 spiro atoms. The van der Waals surface area contributed by atoms with Crippen LogP contribution in [0.2, 0.25) is 0 Å². The topological polar surface area (TPSA) is 79.5 Å². The highest BCUT2D eigenvalue weighted by atomic mass is 19.1. The lowest BCUT2D eigenvalue weighted by Crippen LogP contribution is -2.56. The average Bonchev–Trinajstić information content (AvgIpc) is 2.47. The van der Waals surface area contributed by atoms with Gasteiger partial charge in [-0.1, -0.05) is 12.1 Å². The number of hydrogen-bond acceptors (Lipinski definition) is 4. The first-order valence-electron chi connectivity index (χ1n) is 7.24. The summed E-state index contributed by atoms with van der Waals surface area (Å²) in [5.41, 5.74) is 5.52. The van der Waals surface area contributed by atoms with E-state index in [0.29, 0.717) is 36.0 Å². The Morgan fingerprint density at radius 2 is 2.27 bits per heavy atom. The van der Waals surface area contributed by atoms with Gasteiger partial charge in [0.15, 0.2) is 5.60 Å². The predicted molar refractivity (Wildman–Crippen MR) is 82.0 cm³/mol. The van der Waals surface area contributed by atoms with Crippen molar-refractivity contribution >= 4 is 22.5 Å². The number of carbonyl (C=O) groups is 1. The molecule has 1 aliphatic heterocycles. The third-order valence-electron chi connectivity index (χ3n) is 4.17. The summed E-state index contributed by atoms with van der Waals surface area (Å²) < 4.78 is 14.0. The fourth-order valence-corrected chi connectivity index (χ4v) is 3.02. The number of nitrogens with zero attached hydrogens (tertiary/aromatic N) is 2. The molecular weight excluding hydrogens is 285 g/mol. The van der Waals surface area contributed by atoms with E-state index in [9.17, 15) is 14.3 Å². The van der Waals surface area contributed by atoms with E-state index in [0.717, 1.165) is 5.69 Å². The molecule has 1 aromatic heterocycles. The molecule has 1 aromatic carbocycles. The summed E-state index contributed by atoms with van der Waals surface area (Å²) in [6, 6.07) is 6.63. The summed E-state index contributed by atoms with van der Waals surface area (Å²) in [6.45, 7) is 2.57. The maximum Gasteiger partial charge on any atom is 0.251 e. The van der Waals surface area contributed by atoms with Crippen LogP contribution in [0.1, 0.15) is 18.5 Å². The molecule has 0 radical (unpaired) electrons. The molecular formula is C16H18FN3O2. The van der Waals surface area contributed by atoms with Crippen molar-refractivity contribution in [3.63, 3.8) is 0 Å². The van der Waals surface area contributed by atoms with Gasteiger partial charge in [-0.25, -0.2) is 9.37 Å². The van der Waals surface area contributed by atoms with E-state index in [1.165, 1.54) is 6.07 Å². The number of nitrogens with two attached hydrogens (primary N) is 1. The number of piperidine rings is 1. The third kappa shape index (κ3) is 2.39. The van der Waals surface area contributed by atoms with E-state index in [4.69, 9.17) is 5.73 Å². The van der Waals surface area contributed by atoms with E-state index in [1.54, 1.807) is 19.1 Å². The number of benzene rings is 1. The number of rotatable bonds is 2. The Morgan fingerprint density at radius 1 is 1.50 bits per heavy atom. The standard InChI is InChI=1S/C16H18FN3O2/c1-10-8-13(11-4-2-5-12(17)14(11)19-10)20-7-3-6-16(22,9-20)15(18)21/h2,4-5,8,22H,3,6-7,9H2,1H3,(H2,18,21). The molecule has 0 bridgehead atoms. The van der Waals surface area contributed by atoms with Gasteiger partial charge in [-0.2, -0.15) is 0 Å². The van der Waals surface area contributed by atoms with E-state index < -0.39 is 11.5 Å². The molecule has 1 amide bonds. The molecule has 0 aliphatic carbocycles. The van der Waals surface area contributed by atoms with Gasteiger partial charge >= 0.3 is 0 Å². The number of para-hydroxylation sites is 1. The van der Waals surface area contributed by atoms with E-state index >= 15 is 0 Å². The molecule has 6 heteroatoms. The summed E-state index contributed by atoms with van der Waals surface area (Å²) in [4.78, 5) is 17.6. The Balaban J connectivity index is 2.10. The van der Waals surface area contributed by atoms with Gasteiger partial charge in [0, 0.05) is 23.3 Å². The number of anilines is 1. The zero-order valence-electron chi connectivity index (χ0n) is 12.3. The van der Waals surface area contributed by atoms with Crippen molar-refractivity contribution in [1.29, 1.82) is 0 Å². The molecule has 0 saturated carbocycles. The number of halogens is 1. The Morgan fingerprint density at radius 3 is 3.00 bits per heavy atom. The number of aromatic nitrogens is 1. The summed E-state index contributed by atoms with van der Waals surface area (Å²) in [5.74, 6) is -1.11. The minimum Gasteiger partial charge on any atom is -0.378 e. The first-order valence-corrected chi connectivity index (χ1v) is 7.24. The van der Waals surface area contributed by atoms with Crippen LogP contribution in [0.15, 0.2) is 24.3 Å². The van der Waals surface area contributed by atoms with Gasteiger partial charge < -0.3 is 15.7 Å². The highest BCUT2D eigenvalue weighted by Crippen LogP contribution is 2.32. The smallest absolute Gasteiger partial charge is 0.251 e. The van der Waals surface area contributed by atoms with Crippen LogP contribution in [-0.2, 0) is 4.79 Å². The molecule has 1 unspecified atom stereocenters. The third-order valence-corrected chi connectivity index (χ3v) is 4.17. The van der Waals surface area contributed by atoms with E-state index in [-0.39, 0.29) is 12.4 Å². The van der Waals surface area contributed by atoms with Crippen LogP contribution in [0.25, 0.3) is 10.9 Å². The van der Waals surface area contributed by atoms with Crippen molar-refractivity contribution in [2.45, 2.75) is 25.4 Å². The maximum absolute atomic E-state index is 14.0. The van der Waals surface area contributed by atoms with E-state index in [2.05, 4.69) is 4.98 Å². The summed E-state index contributed by atoms with van der Waals surface area (Å²) in [7, 11) is 0. The predicted octanol–water partition coefficient (Wildman–Crippen LogP) is 1.50. The van der Waals surface area contributed by atoms with Crippen molar-refractivity contribution in [2.75, 3.05) is 18.0 Å². The molecule has 22 heavy (non-hydrogen) atoms. The van der Waals surface area contributed by atoms with Crippen molar-refractivity contribution in [2.24, 2.45) is 5.73 Å². The number of β-amino-alcohol motifs (C(OH)–C–C–N with tert-alkyl or cyclic N) is 1. The number of amides is 1. The number of aryl methyl sites for hydroxylation is 1. The molecule has 1 atom stereocenters. The van der Waals surface area contributed by atoms with Crippen LogP contribution < -0.4 is 10.6 Å². The summed E-state index contributed by atoms with van der Waals surface area (Å²) >= 11 is 0. The van der Waals surface area contributed by atoms with Gasteiger partial charge in [0.05, 0.1) is 6.54 Å². The molecule has 3 N–H and O–H groups in total. The van der Waals surface area contributed by atoms with Crippen molar-refractivity contribution in [3.05, 3.63) is 35.8 Å². The second-order valence-corrected chi connectivity index (χ2v) is 5.84. The van der Waals surface area contributed by atoms with Gasteiger partial charge in [0.2, 0.25) is 0 Å². The van der Waals surface area contributed by atoms with Crippen LogP contribution in [0.4, 0.5) is 10.1 Å². The second kappa shape index (κ2) is 5.21. The van der Waals surface area contributed by atoms with Gasteiger partial charge in [-0.3, -0.25) is 4.79 Å². The van der Waals surface area contributed by atoms with Crippen molar-refractivity contribution in [1.82, 2.24) is 4.98 Å². The van der Waals surface area contributed by atoms with Crippen LogP contribution in [0, 0.1) is 12.7 Å². The Kier molecular flexibility index (Phi) is 3.48. The molecule has 1 fully saturated rings. The summed E-state index contributed by atoms with van der Waals surface area (Å²) in [6.07, 6.45) is 0.979. The second-order valence-electron chi connectivity index (χ2n) is 5.84. The minimum atomic E-state index is -1.55. The summed E-state index contributed by atoms with van der Waals surface area (Å²) in [5, 5.41) is 11.0. The monoisotopic (exact) mass is 303 g/mol. The molecule has 1 aliphatic rings. The number of pyridine rings is 1. The van der Waals surface area contributed by atoms with Gasteiger partial charge in [-0.05, 0) is 31.9 Å². The normalized spacial score (nSPS) is 22.0.